The second-order valence-electron chi connectivity index (χ2n) is 4.43. The minimum atomic E-state index is -0.424. The number of hydrogen-bond donors (Lipinski definition) is 1. The third-order valence-corrected chi connectivity index (χ3v) is 3.07. The van der Waals surface area contributed by atoms with E-state index in [9.17, 15) is 9.59 Å². The van der Waals surface area contributed by atoms with Crippen molar-refractivity contribution in [3.8, 4) is 11.3 Å². The molecule has 0 bridgehead atoms. The molecule has 0 spiro atoms. The van der Waals surface area contributed by atoms with Gasteiger partial charge in [0, 0.05) is 11.6 Å². The van der Waals surface area contributed by atoms with Gasteiger partial charge >= 0.3 is 5.97 Å². The van der Waals surface area contributed by atoms with Crippen molar-refractivity contribution in [1.29, 1.82) is 0 Å². The number of carbonyl (C=O) groups excluding carboxylic acids is 2. The van der Waals surface area contributed by atoms with Gasteiger partial charge in [-0.3, -0.25) is 9.59 Å². The molecule has 1 aromatic heterocycles. The molecule has 1 amide bonds. The fourth-order valence-electron chi connectivity index (χ4n) is 1.89. The summed E-state index contributed by atoms with van der Waals surface area (Å²) in [5.41, 5.74) is 1.53. The first-order chi connectivity index (χ1) is 10.6. The highest BCUT2D eigenvalue weighted by molar-refractivity contribution is 6.29. The van der Waals surface area contributed by atoms with Gasteiger partial charge in [-0.15, -0.1) is 11.6 Å². The van der Waals surface area contributed by atoms with Gasteiger partial charge in [0.25, 0.3) is 0 Å². The molecule has 6 nitrogen and oxygen atoms in total. The van der Waals surface area contributed by atoms with E-state index >= 15 is 0 Å². The first-order valence-electron chi connectivity index (χ1n) is 6.78. The largest absolute Gasteiger partial charge is 0.465 e. The van der Waals surface area contributed by atoms with Gasteiger partial charge < -0.3 is 10.1 Å². The van der Waals surface area contributed by atoms with E-state index in [-0.39, 0.29) is 24.9 Å². The molecule has 0 atom stereocenters. The van der Waals surface area contributed by atoms with Crippen molar-refractivity contribution in [1.82, 2.24) is 9.78 Å². The SMILES string of the molecule is CCOC(=O)Cn1nc(-c2ccccc2)cc1NC(=O)CCl. The Hall–Kier alpha value is -2.34. The number of alkyl halides is 1. The lowest BCUT2D eigenvalue weighted by Gasteiger charge is -2.07. The molecule has 0 radical (unpaired) electrons. The number of anilines is 1. The molecule has 1 aromatic carbocycles. The summed E-state index contributed by atoms with van der Waals surface area (Å²) in [6, 6.07) is 11.1. The van der Waals surface area contributed by atoms with Gasteiger partial charge in [0.1, 0.15) is 18.2 Å². The van der Waals surface area contributed by atoms with Crippen molar-refractivity contribution in [2.45, 2.75) is 13.5 Å². The molecule has 1 N–H and O–H groups in total. The number of halogens is 1. The van der Waals surface area contributed by atoms with Crippen LogP contribution in [0.4, 0.5) is 5.82 Å². The summed E-state index contributed by atoms with van der Waals surface area (Å²) in [5.74, 6) is -0.568. The number of nitrogens with one attached hydrogen (secondary N) is 1. The Labute approximate surface area is 133 Å². The Morgan fingerprint density at radius 2 is 2.05 bits per heavy atom. The first-order valence-corrected chi connectivity index (χ1v) is 7.32. The van der Waals surface area contributed by atoms with E-state index in [0.717, 1.165) is 5.56 Å². The minimum Gasteiger partial charge on any atom is -0.465 e. The summed E-state index contributed by atoms with van der Waals surface area (Å²) in [5, 5.41) is 6.97. The lowest BCUT2D eigenvalue weighted by atomic mass is 10.2. The lowest BCUT2D eigenvalue weighted by molar-refractivity contribution is -0.144. The van der Waals surface area contributed by atoms with Gasteiger partial charge in [0.15, 0.2) is 0 Å². The van der Waals surface area contributed by atoms with Crippen LogP contribution >= 0.6 is 11.6 Å². The van der Waals surface area contributed by atoms with E-state index in [1.807, 2.05) is 30.3 Å². The third kappa shape index (κ3) is 4.08. The fraction of sp³-hybridized carbons (Fsp3) is 0.267. The number of carbonyl (C=O) groups is 2. The van der Waals surface area contributed by atoms with Gasteiger partial charge in [-0.2, -0.15) is 5.10 Å². The molecule has 0 aliphatic rings. The predicted octanol–water partition coefficient (Wildman–Crippen LogP) is 2.29. The van der Waals surface area contributed by atoms with E-state index in [1.54, 1.807) is 13.0 Å². The van der Waals surface area contributed by atoms with Gasteiger partial charge in [0.05, 0.1) is 12.3 Å². The van der Waals surface area contributed by atoms with Crippen molar-refractivity contribution < 1.29 is 14.3 Å². The number of nitrogens with zero attached hydrogens (tertiary/aromatic N) is 2. The molecule has 2 rings (SSSR count). The van der Waals surface area contributed by atoms with Crippen molar-refractivity contribution >= 4 is 29.3 Å². The van der Waals surface area contributed by atoms with Crippen LogP contribution in [0.5, 0.6) is 0 Å². The van der Waals surface area contributed by atoms with Crippen LogP contribution in [0.15, 0.2) is 36.4 Å². The molecule has 7 heteroatoms. The smallest absolute Gasteiger partial charge is 0.327 e. The quantitative estimate of drug-likeness (QED) is 0.654. The Balaban J connectivity index is 2.30. The summed E-state index contributed by atoms with van der Waals surface area (Å²) in [4.78, 5) is 23.1. The number of hydrogen-bond acceptors (Lipinski definition) is 4. The van der Waals surface area contributed by atoms with Crippen LogP contribution in [0.3, 0.4) is 0 Å². The molecule has 22 heavy (non-hydrogen) atoms. The average Bonchev–Trinajstić information content (AvgIpc) is 2.91. The van der Waals surface area contributed by atoms with Crippen molar-refractivity contribution in [2.75, 3.05) is 17.8 Å². The van der Waals surface area contributed by atoms with Gasteiger partial charge in [-0.25, -0.2) is 4.68 Å². The van der Waals surface area contributed by atoms with Crippen molar-refractivity contribution in [3.63, 3.8) is 0 Å². The molecule has 116 valence electrons. The summed E-state index contributed by atoms with van der Waals surface area (Å²) >= 11 is 5.50. The molecule has 0 aliphatic heterocycles. The summed E-state index contributed by atoms with van der Waals surface area (Å²) in [6.07, 6.45) is 0. The van der Waals surface area contributed by atoms with Crippen LogP contribution in [0.25, 0.3) is 11.3 Å². The maximum atomic E-state index is 11.6. The Kier molecular flexibility index (Phi) is 5.55. The zero-order valence-corrected chi connectivity index (χ0v) is 12.8. The normalized spacial score (nSPS) is 10.3. The van der Waals surface area contributed by atoms with Crippen LogP contribution in [0.1, 0.15) is 6.92 Å². The number of rotatable bonds is 6. The standard InChI is InChI=1S/C15H16ClN3O3/c1-2-22-15(21)10-19-13(17-14(20)9-16)8-12(18-19)11-6-4-3-5-7-11/h3-8H,2,9-10H2,1H3,(H,17,20). The van der Waals surface area contributed by atoms with Crippen LogP contribution in [-0.4, -0.2) is 34.1 Å². The van der Waals surface area contributed by atoms with E-state index in [1.165, 1.54) is 4.68 Å². The molecule has 2 aromatic rings. The zero-order chi connectivity index (χ0) is 15.9. The van der Waals surface area contributed by atoms with Crippen LogP contribution in [-0.2, 0) is 20.9 Å². The number of esters is 1. The highest BCUT2D eigenvalue weighted by Gasteiger charge is 2.14. The lowest BCUT2D eigenvalue weighted by Crippen LogP contribution is -2.20. The summed E-state index contributed by atoms with van der Waals surface area (Å²) in [6.45, 7) is 1.93. The number of ether oxygens (including phenoxy) is 1. The van der Waals surface area contributed by atoms with Crippen LogP contribution in [0, 0.1) is 0 Å². The van der Waals surface area contributed by atoms with Crippen molar-refractivity contribution in [2.24, 2.45) is 0 Å². The second-order valence-corrected chi connectivity index (χ2v) is 4.69. The maximum absolute atomic E-state index is 11.6. The van der Waals surface area contributed by atoms with E-state index in [2.05, 4.69) is 10.4 Å². The molecule has 1 heterocycles. The summed E-state index contributed by atoms with van der Waals surface area (Å²) < 4.78 is 6.30. The summed E-state index contributed by atoms with van der Waals surface area (Å²) in [7, 11) is 0. The van der Waals surface area contributed by atoms with E-state index in [4.69, 9.17) is 16.3 Å². The third-order valence-electron chi connectivity index (χ3n) is 2.82. The Morgan fingerprint density at radius 1 is 1.32 bits per heavy atom. The van der Waals surface area contributed by atoms with Crippen molar-refractivity contribution in [3.05, 3.63) is 36.4 Å². The average molecular weight is 322 g/mol. The number of aromatic nitrogens is 2. The van der Waals surface area contributed by atoms with Gasteiger partial charge in [-0.05, 0) is 6.92 Å². The van der Waals surface area contributed by atoms with Crippen LogP contribution < -0.4 is 5.32 Å². The van der Waals surface area contributed by atoms with Gasteiger partial charge in [0.2, 0.25) is 5.91 Å². The predicted molar refractivity (Wildman–Crippen MR) is 83.6 cm³/mol. The molecule has 0 saturated carbocycles. The highest BCUT2D eigenvalue weighted by atomic mass is 35.5. The number of amides is 1. The minimum absolute atomic E-state index is 0.0847. The fourth-order valence-corrected chi connectivity index (χ4v) is 1.96. The topological polar surface area (TPSA) is 73.2 Å². The maximum Gasteiger partial charge on any atom is 0.327 e. The Morgan fingerprint density at radius 3 is 2.68 bits per heavy atom. The highest BCUT2D eigenvalue weighted by Crippen LogP contribution is 2.21. The molecule has 0 saturated heterocycles. The van der Waals surface area contributed by atoms with E-state index in [0.29, 0.717) is 11.5 Å². The molecular weight excluding hydrogens is 306 g/mol. The molecule has 0 fully saturated rings. The Bertz CT molecular complexity index is 655. The van der Waals surface area contributed by atoms with Gasteiger partial charge in [-0.1, -0.05) is 30.3 Å². The van der Waals surface area contributed by atoms with E-state index < -0.39 is 5.97 Å². The monoisotopic (exact) mass is 321 g/mol. The number of benzene rings is 1. The first kappa shape index (κ1) is 16.0. The zero-order valence-electron chi connectivity index (χ0n) is 12.1. The van der Waals surface area contributed by atoms with Crippen LogP contribution in [0.2, 0.25) is 0 Å². The second kappa shape index (κ2) is 7.61. The molecular formula is C15H16ClN3O3. The molecule has 0 unspecified atom stereocenters. The molecule has 0 aliphatic carbocycles.